The molecule has 0 aliphatic heterocycles. The van der Waals surface area contributed by atoms with E-state index in [0.717, 1.165) is 25.3 Å². The van der Waals surface area contributed by atoms with Crippen LogP contribution in [0.2, 0.25) is 0 Å². The third-order valence-corrected chi connectivity index (χ3v) is 4.27. The van der Waals surface area contributed by atoms with Crippen LogP contribution in [0.3, 0.4) is 0 Å². The highest BCUT2D eigenvalue weighted by Gasteiger charge is 2.51. The Balaban J connectivity index is 2.29. The third kappa shape index (κ3) is 2.78. The fourth-order valence-corrected chi connectivity index (χ4v) is 2.91. The van der Waals surface area contributed by atoms with Crippen molar-refractivity contribution < 1.29 is 4.74 Å². The van der Waals surface area contributed by atoms with Gasteiger partial charge >= 0.3 is 0 Å². The number of ether oxygens (including phenoxy) is 1. The van der Waals surface area contributed by atoms with Crippen molar-refractivity contribution in [2.45, 2.75) is 53.1 Å². The maximum Gasteiger partial charge on any atom is 0.161 e. The molecule has 1 fully saturated rings. The van der Waals surface area contributed by atoms with Gasteiger partial charge in [0.2, 0.25) is 0 Å². The predicted molar refractivity (Wildman–Crippen MR) is 77.4 cm³/mol. The van der Waals surface area contributed by atoms with Crippen molar-refractivity contribution in [1.82, 2.24) is 15.1 Å². The first-order valence-electron chi connectivity index (χ1n) is 7.38. The first-order valence-corrected chi connectivity index (χ1v) is 7.38. The van der Waals surface area contributed by atoms with Gasteiger partial charge in [-0.15, -0.1) is 0 Å². The Bertz CT molecular complexity index is 404. The summed E-state index contributed by atoms with van der Waals surface area (Å²) in [5.74, 6) is 1.59. The van der Waals surface area contributed by atoms with Crippen molar-refractivity contribution in [3.8, 4) is 5.75 Å². The molecule has 0 radical (unpaired) electrons. The van der Waals surface area contributed by atoms with Gasteiger partial charge in [-0.3, -0.25) is 4.68 Å². The zero-order valence-electron chi connectivity index (χ0n) is 12.9. The van der Waals surface area contributed by atoms with Gasteiger partial charge in [0.05, 0.1) is 25.0 Å². The molecule has 0 bridgehead atoms. The standard InChI is InChI=1S/C15H27N3O/c1-6-8-16-13(11-9-15(11,3)4)14-12(19-5)10-17-18(14)7-2/h10-11,13,16H,6-9H2,1-5H3. The van der Waals surface area contributed by atoms with E-state index in [0.29, 0.717) is 17.4 Å². The molecule has 0 amide bonds. The van der Waals surface area contributed by atoms with Gasteiger partial charge in [-0.1, -0.05) is 20.8 Å². The highest BCUT2D eigenvalue weighted by molar-refractivity contribution is 5.31. The van der Waals surface area contributed by atoms with Gasteiger partial charge in [0.1, 0.15) is 0 Å². The number of aryl methyl sites for hydroxylation is 1. The van der Waals surface area contributed by atoms with E-state index in [2.05, 4.69) is 42.8 Å². The predicted octanol–water partition coefficient (Wildman–Crippen LogP) is 3.00. The molecule has 1 aromatic heterocycles. The average Bonchev–Trinajstić information content (AvgIpc) is 2.86. The van der Waals surface area contributed by atoms with Crippen LogP contribution in [0.1, 0.15) is 52.3 Å². The Labute approximate surface area is 116 Å². The molecule has 1 saturated carbocycles. The molecular weight excluding hydrogens is 238 g/mol. The molecule has 1 N–H and O–H groups in total. The quantitative estimate of drug-likeness (QED) is 0.823. The van der Waals surface area contributed by atoms with E-state index in [4.69, 9.17) is 4.74 Å². The number of hydrogen-bond acceptors (Lipinski definition) is 3. The van der Waals surface area contributed by atoms with Gasteiger partial charge in [0, 0.05) is 6.54 Å². The fraction of sp³-hybridized carbons (Fsp3) is 0.800. The van der Waals surface area contributed by atoms with Gasteiger partial charge in [0.25, 0.3) is 0 Å². The molecule has 1 aliphatic rings. The molecule has 0 spiro atoms. The van der Waals surface area contributed by atoms with Gasteiger partial charge in [-0.25, -0.2) is 0 Å². The third-order valence-electron chi connectivity index (χ3n) is 4.27. The summed E-state index contributed by atoms with van der Waals surface area (Å²) in [6.45, 7) is 10.9. The topological polar surface area (TPSA) is 39.1 Å². The van der Waals surface area contributed by atoms with Crippen LogP contribution in [-0.2, 0) is 6.54 Å². The van der Waals surface area contributed by atoms with Crippen LogP contribution in [0, 0.1) is 11.3 Å². The molecule has 2 rings (SSSR count). The molecule has 19 heavy (non-hydrogen) atoms. The Morgan fingerprint density at radius 1 is 1.53 bits per heavy atom. The molecule has 0 aromatic carbocycles. The van der Waals surface area contributed by atoms with E-state index in [1.54, 1.807) is 7.11 Å². The van der Waals surface area contributed by atoms with Crippen molar-refractivity contribution in [1.29, 1.82) is 0 Å². The van der Waals surface area contributed by atoms with E-state index in [9.17, 15) is 0 Å². The minimum absolute atomic E-state index is 0.354. The Kier molecular flexibility index (Phi) is 4.19. The number of aromatic nitrogens is 2. The highest BCUT2D eigenvalue weighted by Crippen LogP contribution is 2.58. The van der Waals surface area contributed by atoms with E-state index in [-0.39, 0.29) is 0 Å². The first kappa shape index (κ1) is 14.4. The van der Waals surface area contributed by atoms with Crippen LogP contribution in [0.5, 0.6) is 5.75 Å². The largest absolute Gasteiger partial charge is 0.493 e. The maximum absolute atomic E-state index is 5.51. The van der Waals surface area contributed by atoms with Crippen molar-refractivity contribution in [3.63, 3.8) is 0 Å². The molecule has 2 atom stereocenters. The highest BCUT2D eigenvalue weighted by atomic mass is 16.5. The second-order valence-corrected chi connectivity index (χ2v) is 6.14. The summed E-state index contributed by atoms with van der Waals surface area (Å²) in [5, 5.41) is 8.14. The summed E-state index contributed by atoms with van der Waals surface area (Å²) in [4.78, 5) is 0. The molecule has 108 valence electrons. The Morgan fingerprint density at radius 3 is 2.68 bits per heavy atom. The van der Waals surface area contributed by atoms with Crippen molar-refractivity contribution in [2.24, 2.45) is 11.3 Å². The average molecular weight is 265 g/mol. The SMILES string of the molecule is CCCNC(c1c(OC)cnn1CC)C1CC1(C)C. The van der Waals surface area contributed by atoms with Crippen LogP contribution in [0.25, 0.3) is 0 Å². The first-order chi connectivity index (χ1) is 9.05. The Hall–Kier alpha value is -1.03. The van der Waals surface area contributed by atoms with Gasteiger partial charge in [-0.05, 0) is 37.6 Å². The molecule has 0 saturated heterocycles. The molecule has 1 aromatic rings. The van der Waals surface area contributed by atoms with Crippen molar-refractivity contribution >= 4 is 0 Å². The summed E-state index contributed by atoms with van der Waals surface area (Å²) in [6.07, 6.45) is 4.26. The van der Waals surface area contributed by atoms with E-state index in [1.807, 2.05) is 6.20 Å². The van der Waals surface area contributed by atoms with Crippen molar-refractivity contribution in [3.05, 3.63) is 11.9 Å². The molecule has 4 heteroatoms. The summed E-state index contributed by atoms with van der Waals surface area (Å²) in [6, 6.07) is 0.354. The van der Waals surface area contributed by atoms with Gasteiger partial charge in [0.15, 0.2) is 5.75 Å². The van der Waals surface area contributed by atoms with Crippen LogP contribution >= 0.6 is 0 Å². The molecule has 4 nitrogen and oxygen atoms in total. The lowest BCUT2D eigenvalue weighted by Crippen LogP contribution is -2.28. The zero-order chi connectivity index (χ0) is 14.0. The second-order valence-electron chi connectivity index (χ2n) is 6.14. The van der Waals surface area contributed by atoms with E-state index < -0.39 is 0 Å². The molecule has 1 aliphatic carbocycles. The lowest BCUT2D eigenvalue weighted by atomic mass is 10.0. The minimum Gasteiger partial charge on any atom is -0.493 e. The summed E-state index contributed by atoms with van der Waals surface area (Å²) in [7, 11) is 1.73. The maximum atomic E-state index is 5.51. The fourth-order valence-electron chi connectivity index (χ4n) is 2.91. The normalized spacial score (nSPS) is 22.3. The number of nitrogens with zero attached hydrogens (tertiary/aromatic N) is 2. The van der Waals surface area contributed by atoms with Crippen LogP contribution in [0.15, 0.2) is 6.20 Å². The van der Waals surface area contributed by atoms with Crippen LogP contribution in [0.4, 0.5) is 0 Å². The Morgan fingerprint density at radius 2 is 2.21 bits per heavy atom. The summed E-state index contributed by atoms with van der Waals surface area (Å²) in [5.41, 5.74) is 1.65. The van der Waals surface area contributed by atoms with E-state index in [1.165, 1.54) is 12.1 Å². The number of rotatable bonds is 7. The smallest absolute Gasteiger partial charge is 0.161 e. The van der Waals surface area contributed by atoms with Gasteiger partial charge < -0.3 is 10.1 Å². The van der Waals surface area contributed by atoms with E-state index >= 15 is 0 Å². The molecular formula is C15H27N3O. The number of hydrogen-bond donors (Lipinski definition) is 1. The molecule has 2 unspecified atom stereocenters. The monoisotopic (exact) mass is 265 g/mol. The lowest BCUT2D eigenvalue weighted by Gasteiger charge is -2.22. The second kappa shape index (κ2) is 5.53. The minimum atomic E-state index is 0.354. The molecule has 1 heterocycles. The van der Waals surface area contributed by atoms with Gasteiger partial charge in [-0.2, -0.15) is 5.10 Å². The summed E-state index contributed by atoms with van der Waals surface area (Å²) < 4.78 is 7.58. The van der Waals surface area contributed by atoms with Crippen LogP contribution < -0.4 is 10.1 Å². The lowest BCUT2D eigenvalue weighted by molar-refractivity contribution is 0.359. The number of methoxy groups -OCH3 is 1. The number of nitrogens with one attached hydrogen (secondary N) is 1. The summed E-state index contributed by atoms with van der Waals surface area (Å²) >= 11 is 0. The van der Waals surface area contributed by atoms with Crippen LogP contribution in [-0.4, -0.2) is 23.4 Å². The zero-order valence-corrected chi connectivity index (χ0v) is 12.9. The van der Waals surface area contributed by atoms with Crippen molar-refractivity contribution in [2.75, 3.05) is 13.7 Å².